The number of benzene rings is 1. The number of nitrogens with zero attached hydrogens (tertiary/aromatic N) is 4. The van der Waals surface area contributed by atoms with Gasteiger partial charge in [-0.2, -0.15) is 5.10 Å². The van der Waals surface area contributed by atoms with Gasteiger partial charge in [-0.25, -0.2) is 17.5 Å². The summed E-state index contributed by atoms with van der Waals surface area (Å²) in [4.78, 5) is 11.7. The highest BCUT2D eigenvalue weighted by molar-refractivity contribution is 7.89. The molecule has 2 aromatic heterocycles. The molecule has 0 spiro atoms. The molecule has 0 aliphatic heterocycles. The third-order valence-corrected chi connectivity index (χ3v) is 7.36. The Morgan fingerprint density at radius 3 is 2.68 bits per heavy atom. The fourth-order valence-electron chi connectivity index (χ4n) is 3.79. The summed E-state index contributed by atoms with van der Waals surface area (Å²) in [6.07, 6.45) is 2.71. The van der Waals surface area contributed by atoms with E-state index in [1.807, 2.05) is 49.9 Å². The molecule has 0 aliphatic rings. The van der Waals surface area contributed by atoms with Crippen LogP contribution in [0.3, 0.4) is 0 Å². The molecule has 2 heterocycles. The molecule has 3 aromatic rings. The van der Waals surface area contributed by atoms with Gasteiger partial charge in [-0.3, -0.25) is 4.68 Å². The van der Waals surface area contributed by atoms with E-state index in [0.717, 1.165) is 40.8 Å². The largest absolute Gasteiger partial charge is 0.464 e. The molecule has 0 unspecified atom stereocenters. The van der Waals surface area contributed by atoms with Crippen LogP contribution in [0.4, 0.5) is 4.79 Å². The van der Waals surface area contributed by atoms with E-state index < -0.39 is 16.1 Å². The van der Waals surface area contributed by atoms with Gasteiger partial charge >= 0.3 is 6.09 Å². The maximum Gasteiger partial charge on any atom is 0.421 e. The number of sulfonamides is 1. The Bertz CT molecular complexity index is 1200. The highest BCUT2D eigenvalue weighted by Gasteiger charge is 2.28. The van der Waals surface area contributed by atoms with Gasteiger partial charge in [0.2, 0.25) is 10.0 Å². The zero-order valence-electron chi connectivity index (χ0n) is 17.9. The van der Waals surface area contributed by atoms with Crippen LogP contribution in [-0.4, -0.2) is 50.6 Å². The second-order valence-corrected chi connectivity index (χ2v) is 9.98. The third kappa shape index (κ3) is 4.88. The van der Waals surface area contributed by atoms with Crippen molar-refractivity contribution in [2.75, 3.05) is 12.3 Å². The monoisotopic (exact) mass is 466 g/mol. The average Bonchev–Trinajstić information content (AvgIpc) is 3.20. The third-order valence-electron chi connectivity index (χ3n) is 5.31. The molecule has 168 valence electrons. The summed E-state index contributed by atoms with van der Waals surface area (Å²) in [7, 11) is -2.08. The maximum atomic E-state index is 12.6. The molecule has 0 fully saturated rings. The van der Waals surface area contributed by atoms with Crippen molar-refractivity contribution < 1.29 is 18.3 Å². The number of fused-ring (bicyclic) bond motifs is 1. The Hall–Kier alpha value is -2.52. The van der Waals surface area contributed by atoms with Crippen molar-refractivity contribution in [3.8, 4) is 5.82 Å². The lowest BCUT2D eigenvalue weighted by atomic mass is 10.1. The van der Waals surface area contributed by atoms with Crippen molar-refractivity contribution in [1.29, 1.82) is 0 Å². The summed E-state index contributed by atoms with van der Waals surface area (Å²) in [6.45, 7) is 3.64. The summed E-state index contributed by atoms with van der Waals surface area (Å²) in [5.74, 6) is 0.596. The number of aryl methyl sites for hydroxylation is 2. The van der Waals surface area contributed by atoms with Crippen LogP contribution in [0.2, 0.25) is 5.02 Å². The van der Waals surface area contributed by atoms with Crippen LogP contribution in [0.25, 0.3) is 16.7 Å². The number of carbonyl (C=O) groups is 1. The Balaban J connectivity index is 1.92. The number of hydrogen-bond acceptors (Lipinski definition) is 4. The van der Waals surface area contributed by atoms with Gasteiger partial charge in [-0.15, -0.1) is 0 Å². The van der Waals surface area contributed by atoms with Crippen molar-refractivity contribution in [2.45, 2.75) is 39.5 Å². The van der Waals surface area contributed by atoms with Gasteiger partial charge < -0.3 is 9.67 Å². The van der Waals surface area contributed by atoms with Gasteiger partial charge in [0.1, 0.15) is 5.82 Å². The number of aromatic nitrogens is 3. The Morgan fingerprint density at radius 1 is 1.26 bits per heavy atom. The summed E-state index contributed by atoms with van der Waals surface area (Å²) >= 11 is 6.10. The quantitative estimate of drug-likeness (QED) is 0.472. The molecule has 0 bridgehead atoms. The van der Waals surface area contributed by atoms with Gasteiger partial charge in [0.15, 0.2) is 0 Å². The maximum absolute atomic E-state index is 12.6. The van der Waals surface area contributed by atoms with Gasteiger partial charge in [0.05, 0.1) is 17.0 Å². The van der Waals surface area contributed by atoms with Crippen LogP contribution in [0.5, 0.6) is 0 Å². The highest BCUT2D eigenvalue weighted by Crippen LogP contribution is 2.27. The Kier molecular flexibility index (Phi) is 6.96. The predicted octanol–water partition coefficient (Wildman–Crippen LogP) is 4.37. The van der Waals surface area contributed by atoms with Gasteiger partial charge in [0, 0.05) is 35.8 Å². The number of hydrogen-bond donors (Lipinski definition) is 1. The second kappa shape index (κ2) is 9.32. The summed E-state index contributed by atoms with van der Waals surface area (Å²) in [6, 6.07) is 7.52. The molecule has 0 aliphatic carbocycles. The molecule has 10 heteroatoms. The van der Waals surface area contributed by atoms with E-state index >= 15 is 0 Å². The standard InChI is InChI=1S/C21H27ClN4O4S/c1-4-5-6-13-31(29,30)26(21(27)28)12-10-18-15(2)23-24(3)20(18)25-11-9-16-14-17(22)7-8-19(16)25/h7-9,11,14H,4-6,10,12-13H2,1-3H3,(H,27,28). The molecule has 0 saturated carbocycles. The molecule has 8 nitrogen and oxygen atoms in total. The molecule has 0 saturated heterocycles. The van der Waals surface area contributed by atoms with Crippen molar-refractivity contribution >= 4 is 38.6 Å². The first-order valence-corrected chi connectivity index (χ1v) is 12.2. The number of unbranched alkanes of at least 4 members (excludes halogenated alkanes) is 2. The van der Waals surface area contributed by atoms with E-state index in [0.29, 0.717) is 15.7 Å². The lowest BCUT2D eigenvalue weighted by molar-refractivity contribution is 0.172. The van der Waals surface area contributed by atoms with Crippen LogP contribution >= 0.6 is 11.6 Å². The summed E-state index contributed by atoms with van der Waals surface area (Å²) in [5.41, 5.74) is 2.45. The van der Waals surface area contributed by atoms with Gasteiger partial charge in [-0.05, 0) is 44.0 Å². The minimum absolute atomic E-state index is 0.158. The van der Waals surface area contributed by atoms with E-state index in [1.54, 1.807) is 10.7 Å². The van der Waals surface area contributed by atoms with E-state index in [9.17, 15) is 18.3 Å². The van der Waals surface area contributed by atoms with E-state index in [2.05, 4.69) is 5.10 Å². The minimum Gasteiger partial charge on any atom is -0.464 e. The van der Waals surface area contributed by atoms with Crippen LogP contribution in [0.1, 0.15) is 37.4 Å². The van der Waals surface area contributed by atoms with Gasteiger partial charge in [0.25, 0.3) is 0 Å². The lowest BCUT2D eigenvalue weighted by Crippen LogP contribution is -2.39. The SMILES string of the molecule is CCCCCS(=O)(=O)N(CCc1c(C)nn(C)c1-n1ccc2cc(Cl)ccc21)C(=O)O. The molecule has 31 heavy (non-hydrogen) atoms. The fraction of sp³-hybridized carbons (Fsp3) is 0.429. The summed E-state index contributed by atoms with van der Waals surface area (Å²) < 4.78 is 29.4. The average molecular weight is 467 g/mol. The predicted molar refractivity (Wildman–Crippen MR) is 122 cm³/mol. The molecule has 1 N–H and O–H groups in total. The smallest absolute Gasteiger partial charge is 0.421 e. The van der Waals surface area contributed by atoms with E-state index in [-0.39, 0.29) is 18.7 Å². The first-order chi connectivity index (χ1) is 14.7. The zero-order chi connectivity index (χ0) is 22.8. The molecule has 3 rings (SSSR count). The van der Waals surface area contributed by atoms with Crippen LogP contribution in [0.15, 0.2) is 30.5 Å². The zero-order valence-corrected chi connectivity index (χ0v) is 19.4. The Labute approximate surface area is 187 Å². The van der Waals surface area contributed by atoms with Crippen molar-refractivity contribution in [2.24, 2.45) is 7.05 Å². The van der Waals surface area contributed by atoms with Crippen molar-refractivity contribution in [3.63, 3.8) is 0 Å². The van der Waals surface area contributed by atoms with Gasteiger partial charge in [-0.1, -0.05) is 31.4 Å². The molecule has 0 radical (unpaired) electrons. The number of amides is 1. The van der Waals surface area contributed by atoms with Crippen LogP contribution in [-0.2, 0) is 23.5 Å². The van der Waals surface area contributed by atoms with Crippen LogP contribution < -0.4 is 0 Å². The van der Waals surface area contributed by atoms with Crippen molar-refractivity contribution in [3.05, 3.63) is 46.7 Å². The lowest BCUT2D eigenvalue weighted by Gasteiger charge is -2.19. The second-order valence-electron chi connectivity index (χ2n) is 7.53. The Morgan fingerprint density at radius 2 is 2.00 bits per heavy atom. The van der Waals surface area contributed by atoms with E-state index in [1.165, 1.54) is 0 Å². The highest BCUT2D eigenvalue weighted by atomic mass is 35.5. The first kappa shape index (κ1) is 23.1. The molecular formula is C21H27ClN4O4S. The normalized spacial score (nSPS) is 11.9. The van der Waals surface area contributed by atoms with Crippen molar-refractivity contribution in [1.82, 2.24) is 18.7 Å². The number of halogens is 1. The van der Waals surface area contributed by atoms with Crippen LogP contribution in [0, 0.1) is 6.92 Å². The van der Waals surface area contributed by atoms with E-state index in [4.69, 9.17) is 11.6 Å². The first-order valence-electron chi connectivity index (χ1n) is 10.2. The fourth-order valence-corrected chi connectivity index (χ4v) is 5.37. The summed E-state index contributed by atoms with van der Waals surface area (Å²) in [5, 5.41) is 15.6. The molecular weight excluding hydrogens is 440 g/mol. The number of carboxylic acid groups (broad SMARTS) is 1. The topological polar surface area (TPSA) is 97.4 Å². The minimum atomic E-state index is -3.89. The molecule has 1 aromatic carbocycles. The number of rotatable bonds is 9. The molecule has 0 atom stereocenters. The molecule has 1 amide bonds.